The van der Waals surface area contributed by atoms with Crippen molar-refractivity contribution in [3.8, 4) is 0 Å². The normalized spacial score (nSPS) is 29.8. The van der Waals surface area contributed by atoms with Gasteiger partial charge in [-0.05, 0) is 56.1 Å². The lowest BCUT2D eigenvalue weighted by Gasteiger charge is -2.20. The maximum atomic E-state index is 12.5. The topological polar surface area (TPSA) is 17.1 Å². The Morgan fingerprint density at radius 2 is 2.06 bits per heavy atom. The lowest BCUT2D eigenvalue weighted by atomic mass is 9.83. The van der Waals surface area contributed by atoms with Crippen molar-refractivity contribution in [2.45, 2.75) is 46.0 Å². The number of rotatable bonds is 3. The minimum atomic E-state index is 0.378. The minimum absolute atomic E-state index is 0.378. The van der Waals surface area contributed by atoms with E-state index in [0.717, 1.165) is 5.92 Å². The van der Waals surface area contributed by atoms with Crippen LogP contribution in [-0.4, -0.2) is 5.78 Å². The molecule has 3 rings (SSSR count). The highest BCUT2D eigenvalue weighted by Crippen LogP contribution is 2.48. The summed E-state index contributed by atoms with van der Waals surface area (Å²) in [6, 6.07) is 6.44. The number of benzene rings is 1. The summed E-state index contributed by atoms with van der Waals surface area (Å²) in [5, 5.41) is 0. The fraction of sp³-hybridized carbons (Fsp3) is 0.588. The molecular weight excluding hydrogens is 220 g/mol. The first-order valence-corrected chi connectivity index (χ1v) is 7.22. The van der Waals surface area contributed by atoms with E-state index >= 15 is 0 Å². The molecule has 0 aliphatic heterocycles. The van der Waals surface area contributed by atoms with E-state index < -0.39 is 0 Å². The monoisotopic (exact) mass is 242 g/mol. The summed E-state index contributed by atoms with van der Waals surface area (Å²) in [5.74, 6) is 2.45. The average molecular weight is 242 g/mol. The van der Waals surface area contributed by atoms with Gasteiger partial charge in [0.1, 0.15) is 5.78 Å². The highest BCUT2D eigenvalue weighted by Gasteiger charge is 2.42. The first-order valence-electron chi connectivity index (χ1n) is 7.22. The van der Waals surface area contributed by atoms with Crippen LogP contribution in [0.15, 0.2) is 18.2 Å². The molecule has 2 saturated carbocycles. The summed E-state index contributed by atoms with van der Waals surface area (Å²) in [7, 11) is 0. The summed E-state index contributed by atoms with van der Waals surface area (Å²) in [6.07, 6.45) is 5.82. The van der Waals surface area contributed by atoms with Crippen LogP contribution in [-0.2, 0) is 11.2 Å². The van der Waals surface area contributed by atoms with Crippen LogP contribution in [0.2, 0.25) is 0 Å². The summed E-state index contributed by atoms with van der Waals surface area (Å²) in [4.78, 5) is 12.5. The van der Waals surface area contributed by atoms with E-state index in [2.05, 4.69) is 32.0 Å². The van der Waals surface area contributed by atoms with Crippen LogP contribution in [0.25, 0.3) is 0 Å². The number of ketones is 1. The van der Waals surface area contributed by atoms with Crippen LogP contribution >= 0.6 is 0 Å². The fourth-order valence-corrected chi connectivity index (χ4v) is 3.95. The minimum Gasteiger partial charge on any atom is -0.299 e. The molecule has 2 aliphatic rings. The van der Waals surface area contributed by atoms with Crippen molar-refractivity contribution >= 4 is 5.78 Å². The second-order valence-corrected chi connectivity index (χ2v) is 6.35. The highest BCUT2D eigenvalue weighted by molar-refractivity contribution is 5.84. The number of hydrogen-bond acceptors (Lipinski definition) is 1. The van der Waals surface area contributed by atoms with Crippen LogP contribution in [0.4, 0.5) is 0 Å². The number of fused-ring (bicyclic) bond motifs is 2. The summed E-state index contributed by atoms with van der Waals surface area (Å²) in [5.41, 5.74) is 3.76. The van der Waals surface area contributed by atoms with E-state index in [1.165, 1.54) is 42.4 Å². The van der Waals surface area contributed by atoms with Crippen molar-refractivity contribution < 1.29 is 4.79 Å². The Hall–Kier alpha value is -1.11. The number of hydrogen-bond donors (Lipinski definition) is 0. The number of aryl methyl sites for hydroxylation is 2. The molecule has 1 heteroatoms. The standard InChI is InChI=1S/C17H22O/c1-11-3-4-12(2)15(7-11)10-17(18)16-9-13-5-6-14(16)8-13/h3-4,7,13-14,16H,5-6,8-10H2,1-2H3. The third-order valence-corrected chi connectivity index (χ3v) is 5.02. The van der Waals surface area contributed by atoms with Crippen LogP contribution in [0, 0.1) is 31.6 Å². The number of carbonyl (C=O) groups is 1. The molecule has 2 aliphatic carbocycles. The van der Waals surface area contributed by atoms with E-state index in [0.29, 0.717) is 24.0 Å². The molecule has 96 valence electrons. The molecular formula is C17H22O. The van der Waals surface area contributed by atoms with Gasteiger partial charge in [-0.1, -0.05) is 30.2 Å². The van der Waals surface area contributed by atoms with Crippen LogP contribution < -0.4 is 0 Å². The molecule has 2 bridgehead atoms. The second-order valence-electron chi connectivity index (χ2n) is 6.35. The van der Waals surface area contributed by atoms with Gasteiger partial charge in [-0.3, -0.25) is 4.79 Å². The zero-order chi connectivity index (χ0) is 12.7. The zero-order valence-electron chi connectivity index (χ0n) is 11.4. The molecule has 0 heterocycles. The van der Waals surface area contributed by atoms with Crippen LogP contribution in [0.5, 0.6) is 0 Å². The maximum absolute atomic E-state index is 12.5. The molecule has 0 aromatic heterocycles. The Kier molecular flexibility index (Phi) is 3.01. The maximum Gasteiger partial charge on any atom is 0.140 e. The third-order valence-electron chi connectivity index (χ3n) is 5.02. The second kappa shape index (κ2) is 4.53. The van der Waals surface area contributed by atoms with Gasteiger partial charge in [0, 0.05) is 12.3 Å². The molecule has 2 fully saturated rings. The van der Waals surface area contributed by atoms with Gasteiger partial charge in [-0.2, -0.15) is 0 Å². The Labute approximate surface area is 110 Å². The first kappa shape index (κ1) is 12.0. The van der Waals surface area contributed by atoms with E-state index in [1.54, 1.807) is 0 Å². The van der Waals surface area contributed by atoms with Crippen molar-refractivity contribution in [2.75, 3.05) is 0 Å². The van der Waals surface area contributed by atoms with Gasteiger partial charge in [-0.25, -0.2) is 0 Å². The Bertz CT molecular complexity index is 474. The van der Waals surface area contributed by atoms with Gasteiger partial charge in [0.2, 0.25) is 0 Å². The largest absolute Gasteiger partial charge is 0.299 e. The van der Waals surface area contributed by atoms with Crippen molar-refractivity contribution in [1.29, 1.82) is 0 Å². The van der Waals surface area contributed by atoms with Gasteiger partial charge < -0.3 is 0 Å². The zero-order valence-corrected chi connectivity index (χ0v) is 11.4. The lowest BCUT2D eigenvalue weighted by Crippen LogP contribution is -2.22. The molecule has 0 saturated heterocycles. The fourth-order valence-electron chi connectivity index (χ4n) is 3.95. The average Bonchev–Trinajstić information content (AvgIpc) is 2.96. The Morgan fingerprint density at radius 3 is 2.72 bits per heavy atom. The molecule has 0 spiro atoms. The SMILES string of the molecule is Cc1ccc(C)c(CC(=O)C2CC3CCC2C3)c1. The van der Waals surface area contributed by atoms with Gasteiger partial charge in [0.15, 0.2) is 0 Å². The molecule has 0 amide bonds. The van der Waals surface area contributed by atoms with Crippen LogP contribution in [0.1, 0.15) is 42.4 Å². The van der Waals surface area contributed by atoms with Crippen LogP contribution in [0.3, 0.4) is 0 Å². The van der Waals surface area contributed by atoms with Crippen molar-refractivity contribution in [3.05, 3.63) is 34.9 Å². The summed E-state index contributed by atoms with van der Waals surface area (Å²) in [6.45, 7) is 4.22. The Balaban J connectivity index is 1.72. The quantitative estimate of drug-likeness (QED) is 0.786. The molecule has 1 aromatic rings. The number of carbonyl (C=O) groups excluding carboxylic acids is 1. The van der Waals surface area contributed by atoms with Gasteiger partial charge in [0.05, 0.1) is 0 Å². The third kappa shape index (κ3) is 2.11. The molecule has 18 heavy (non-hydrogen) atoms. The van der Waals surface area contributed by atoms with Gasteiger partial charge in [0.25, 0.3) is 0 Å². The predicted octanol–water partition coefficient (Wildman–Crippen LogP) is 3.85. The summed E-state index contributed by atoms with van der Waals surface area (Å²) < 4.78 is 0. The molecule has 3 atom stereocenters. The van der Waals surface area contributed by atoms with E-state index in [9.17, 15) is 4.79 Å². The van der Waals surface area contributed by atoms with Crippen molar-refractivity contribution in [3.63, 3.8) is 0 Å². The smallest absolute Gasteiger partial charge is 0.140 e. The first-order chi connectivity index (χ1) is 8.63. The Morgan fingerprint density at radius 1 is 1.22 bits per heavy atom. The van der Waals surface area contributed by atoms with E-state index in [-0.39, 0.29) is 0 Å². The van der Waals surface area contributed by atoms with E-state index in [1.807, 2.05) is 0 Å². The molecule has 1 aromatic carbocycles. The summed E-state index contributed by atoms with van der Waals surface area (Å²) >= 11 is 0. The van der Waals surface area contributed by atoms with Gasteiger partial charge >= 0.3 is 0 Å². The number of Topliss-reactive ketones (excluding diaryl/α,β-unsaturated/α-hetero) is 1. The molecule has 0 N–H and O–H groups in total. The van der Waals surface area contributed by atoms with Gasteiger partial charge in [-0.15, -0.1) is 0 Å². The van der Waals surface area contributed by atoms with Crippen molar-refractivity contribution in [1.82, 2.24) is 0 Å². The van der Waals surface area contributed by atoms with E-state index in [4.69, 9.17) is 0 Å². The highest BCUT2D eigenvalue weighted by atomic mass is 16.1. The van der Waals surface area contributed by atoms with Crippen molar-refractivity contribution in [2.24, 2.45) is 17.8 Å². The lowest BCUT2D eigenvalue weighted by molar-refractivity contribution is -0.123. The molecule has 0 radical (unpaired) electrons. The molecule has 1 nitrogen and oxygen atoms in total. The molecule has 3 unspecified atom stereocenters. The predicted molar refractivity (Wildman–Crippen MR) is 73.6 cm³/mol.